The van der Waals surface area contributed by atoms with E-state index in [2.05, 4.69) is 10.3 Å². The van der Waals surface area contributed by atoms with Gasteiger partial charge in [-0.25, -0.2) is 0 Å². The molecule has 2 heterocycles. The maximum absolute atomic E-state index is 13.1. The zero-order chi connectivity index (χ0) is 21.1. The number of aromatic amines is 1. The first kappa shape index (κ1) is 20.3. The Bertz CT molecular complexity index is 1160. The predicted molar refractivity (Wildman–Crippen MR) is 113 cm³/mol. The second kappa shape index (κ2) is 8.31. The first-order valence-corrected chi connectivity index (χ1v) is 9.54. The molecule has 0 aliphatic carbocycles. The number of pyridine rings is 2. The van der Waals surface area contributed by atoms with E-state index in [1.807, 2.05) is 50.2 Å². The molecule has 0 spiro atoms. The average molecular weight is 391 g/mol. The van der Waals surface area contributed by atoms with Crippen LogP contribution in [-0.4, -0.2) is 15.5 Å². The number of rotatable bonds is 5. The third kappa shape index (κ3) is 4.21. The van der Waals surface area contributed by atoms with Gasteiger partial charge < -0.3 is 14.9 Å². The lowest BCUT2D eigenvalue weighted by Gasteiger charge is -2.18. The van der Waals surface area contributed by atoms with Crippen LogP contribution in [-0.2, 0) is 6.54 Å². The molecule has 3 rings (SSSR count). The van der Waals surface area contributed by atoms with Crippen molar-refractivity contribution < 1.29 is 4.79 Å². The third-order valence-corrected chi connectivity index (χ3v) is 5.17. The van der Waals surface area contributed by atoms with Gasteiger partial charge in [0.1, 0.15) is 5.56 Å². The Morgan fingerprint density at radius 1 is 1.07 bits per heavy atom. The van der Waals surface area contributed by atoms with Crippen molar-refractivity contribution in [1.82, 2.24) is 14.9 Å². The fourth-order valence-electron chi connectivity index (χ4n) is 3.47. The molecule has 0 radical (unpaired) electrons. The van der Waals surface area contributed by atoms with E-state index in [0.29, 0.717) is 11.1 Å². The Morgan fingerprint density at radius 2 is 1.76 bits per heavy atom. The molecule has 1 amide bonds. The Morgan fingerprint density at radius 3 is 2.41 bits per heavy atom. The highest BCUT2D eigenvalue weighted by Crippen LogP contribution is 2.16. The zero-order valence-corrected chi connectivity index (χ0v) is 17.1. The maximum Gasteiger partial charge on any atom is 0.264 e. The van der Waals surface area contributed by atoms with Gasteiger partial charge in [0.15, 0.2) is 0 Å². The summed E-state index contributed by atoms with van der Waals surface area (Å²) in [5.74, 6) is -0.485. The molecule has 6 heteroatoms. The second-order valence-corrected chi connectivity index (χ2v) is 7.30. The summed E-state index contributed by atoms with van der Waals surface area (Å²) in [7, 11) is 0. The Balaban J connectivity index is 1.90. The number of hydrogen-bond acceptors (Lipinski definition) is 3. The van der Waals surface area contributed by atoms with Gasteiger partial charge in [-0.2, -0.15) is 0 Å². The molecule has 1 aromatic carbocycles. The van der Waals surface area contributed by atoms with E-state index in [4.69, 9.17) is 0 Å². The minimum Gasteiger partial charge on any atom is -0.348 e. The molecule has 2 N–H and O–H groups in total. The van der Waals surface area contributed by atoms with Crippen LogP contribution in [0.1, 0.15) is 51.3 Å². The zero-order valence-electron chi connectivity index (χ0n) is 17.1. The summed E-state index contributed by atoms with van der Waals surface area (Å²) in [5, 5.41) is 2.73. The summed E-state index contributed by atoms with van der Waals surface area (Å²) in [4.78, 5) is 40.8. The summed E-state index contributed by atoms with van der Waals surface area (Å²) < 4.78 is 1.56. The average Bonchev–Trinajstić information content (AvgIpc) is 2.67. The number of aromatic nitrogens is 2. The largest absolute Gasteiger partial charge is 0.348 e. The van der Waals surface area contributed by atoms with Crippen LogP contribution in [0.15, 0.2) is 58.3 Å². The van der Waals surface area contributed by atoms with E-state index in [9.17, 15) is 14.4 Å². The predicted octanol–water partition coefficient (Wildman–Crippen LogP) is 3.00. The molecule has 150 valence electrons. The maximum atomic E-state index is 13.1. The molecule has 6 nitrogen and oxygen atoms in total. The quantitative estimate of drug-likeness (QED) is 0.701. The van der Waals surface area contributed by atoms with Crippen molar-refractivity contribution in [1.29, 1.82) is 0 Å². The molecule has 2 aromatic heterocycles. The van der Waals surface area contributed by atoms with Crippen molar-refractivity contribution in [2.24, 2.45) is 0 Å². The molecular formula is C23H25N3O3. The molecule has 1 unspecified atom stereocenters. The van der Waals surface area contributed by atoms with E-state index < -0.39 is 5.91 Å². The summed E-state index contributed by atoms with van der Waals surface area (Å²) in [6.07, 6.45) is 1.71. The van der Waals surface area contributed by atoms with Crippen molar-refractivity contribution in [3.8, 4) is 0 Å². The standard InChI is InChI=1S/C23H25N3O3/c1-14-10-11-26(17(4)18-8-6-5-7-9-18)23(29)20(14)22(28)24-13-19-15(2)12-16(3)25-21(19)27/h5-12,17H,13H2,1-4H3,(H,24,28)(H,25,27). The number of hydrogen-bond donors (Lipinski definition) is 2. The van der Waals surface area contributed by atoms with Crippen molar-refractivity contribution in [2.45, 2.75) is 40.3 Å². The van der Waals surface area contributed by atoms with Gasteiger partial charge in [-0.1, -0.05) is 30.3 Å². The molecular weight excluding hydrogens is 366 g/mol. The van der Waals surface area contributed by atoms with Gasteiger partial charge in [0, 0.05) is 24.0 Å². The van der Waals surface area contributed by atoms with Crippen molar-refractivity contribution in [3.63, 3.8) is 0 Å². The second-order valence-electron chi connectivity index (χ2n) is 7.30. The van der Waals surface area contributed by atoms with Crippen LogP contribution in [0.2, 0.25) is 0 Å². The van der Waals surface area contributed by atoms with E-state index >= 15 is 0 Å². The number of benzene rings is 1. The minimum atomic E-state index is -0.485. The number of amides is 1. The monoisotopic (exact) mass is 391 g/mol. The van der Waals surface area contributed by atoms with Crippen LogP contribution in [0.25, 0.3) is 0 Å². The van der Waals surface area contributed by atoms with Crippen LogP contribution in [0.5, 0.6) is 0 Å². The summed E-state index contributed by atoms with van der Waals surface area (Å²) in [5.41, 5.74) is 3.12. The SMILES string of the molecule is Cc1cc(C)c(CNC(=O)c2c(C)ccn(C(C)c3ccccc3)c2=O)c(=O)[nH]1. The lowest BCUT2D eigenvalue weighted by atomic mass is 10.1. The van der Waals surface area contributed by atoms with Gasteiger partial charge in [-0.05, 0) is 56.5 Å². The van der Waals surface area contributed by atoms with Gasteiger partial charge >= 0.3 is 0 Å². The van der Waals surface area contributed by atoms with E-state index in [1.165, 1.54) is 0 Å². The number of carbonyl (C=O) groups excluding carboxylic acids is 1. The van der Waals surface area contributed by atoms with Crippen LogP contribution < -0.4 is 16.4 Å². The smallest absolute Gasteiger partial charge is 0.264 e. The number of H-pyrrole nitrogens is 1. The highest BCUT2D eigenvalue weighted by atomic mass is 16.2. The van der Waals surface area contributed by atoms with Crippen molar-refractivity contribution in [2.75, 3.05) is 0 Å². The molecule has 3 aromatic rings. The fourth-order valence-corrected chi connectivity index (χ4v) is 3.47. The molecule has 0 aliphatic rings. The highest BCUT2D eigenvalue weighted by Gasteiger charge is 2.19. The number of nitrogens with one attached hydrogen (secondary N) is 2. The molecule has 0 saturated heterocycles. The Kier molecular flexibility index (Phi) is 5.82. The summed E-state index contributed by atoms with van der Waals surface area (Å²) in [6.45, 7) is 7.34. The lowest BCUT2D eigenvalue weighted by molar-refractivity contribution is 0.0948. The van der Waals surface area contributed by atoms with Gasteiger partial charge in [-0.3, -0.25) is 14.4 Å². The van der Waals surface area contributed by atoms with Gasteiger partial charge in [0.05, 0.1) is 6.04 Å². The van der Waals surface area contributed by atoms with Crippen molar-refractivity contribution >= 4 is 5.91 Å². The number of aryl methyl sites for hydroxylation is 3. The summed E-state index contributed by atoms with van der Waals surface area (Å²) >= 11 is 0. The Labute approximate surface area is 169 Å². The van der Waals surface area contributed by atoms with Crippen LogP contribution in [0, 0.1) is 20.8 Å². The molecule has 29 heavy (non-hydrogen) atoms. The van der Waals surface area contributed by atoms with Crippen LogP contribution in [0.4, 0.5) is 0 Å². The first-order chi connectivity index (χ1) is 13.8. The topological polar surface area (TPSA) is 84.0 Å². The van der Waals surface area contributed by atoms with E-state index in [1.54, 1.807) is 30.7 Å². The summed E-state index contributed by atoms with van der Waals surface area (Å²) in [6, 6.07) is 13.1. The van der Waals surface area contributed by atoms with Crippen LogP contribution in [0.3, 0.4) is 0 Å². The first-order valence-electron chi connectivity index (χ1n) is 9.54. The normalized spacial score (nSPS) is 11.9. The third-order valence-electron chi connectivity index (χ3n) is 5.17. The molecule has 0 bridgehead atoms. The van der Waals surface area contributed by atoms with E-state index in [0.717, 1.165) is 16.8 Å². The molecule has 0 fully saturated rings. The number of carbonyl (C=O) groups is 1. The minimum absolute atomic E-state index is 0.0578. The van der Waals surface area contributed by atoms with Crippen LogP contribution >= 0.6 is 0 Å². The van der Waals surface area contributed by atoms with Gasteiger partial charge in [-0.15, -0.1) is 0 Å². The number of nitrogens with zero attached hydrogens (tertiary/aromatic N) is 1. The Hall–Kier alpha value is -3.41. The molecule has 1 atom stereocenters. The van der Waals surface area contributed by atoms with Crippen molar-refractivity contribution in [3.05, 3.63) is 103 Å². The molecule has 0 saturated carbocycles. The van der Waals surface area contributed by atoms with Gasteiger partial charge in [0.2, 0.25) is 0 Å². The fraction of sp³-hybridized carbons (Fsp3) is 0.261. The highest BCUT2D eigenvalue weighted by molar-refractivity contribution is 5.95. The van der Waals surface area contributed by atoms with Gasteiger partial charge in [0.25, 0.3) is 17.0 Å². The molecule has 0 aliphatic heterocycles. The lowest BCUT2D eigenvalue weighted by Crippen LogP contribution is -2.36. The van der Waals surface area contributed by atoms with E-state index in [-0.39, 0.29) is 29.3 Å².